The van der Waals surface area contributed by atoms with Crippen LogP contribution in [0.25, 0.3) is 0 Å². The number of hydrogen-bond acceptors (Lipinski definition) is 3. The van der Waals surface area contributed by atoms with Crippen LogP contribution in [0.3, 0.4) is 0 Å². The average Bonchev–Trinajstić information content (AvgIpc) is 2.99. The second-order valence-electron chi connectivity index (χ2n) is 5.46. The van der Waals surface area contributed by atoms with Crippen molar-refractivity contribution in [1.29, 1.82) is 0 Å². The standard InChI is InChI=1S/C17H15F2N3O2S/c1-22-10-9-20-17(22)16(12-5-7-13(18)8-6-12)21-25(23,24)15-4-2-3-14(19)11-15/h2-11,16,21H,1H3. The van der Waals surface area contributed by atoms with Crippen LogP contribution in [-0.2, 0) is 17.1 Å². The molecule has 0 saturated heterocycles. The van der Waals surface area contributed by atoms with E-state index in [1.165, 1.54) is 42.6 Å². The maximum atomic E-state index is 13.4. The molecule has 1 heterocycles. The average molecular weight is 363 g/mol. The minimum atomic E-state index is -4.02. The summed E-state index contributed by atoms with van der Waals surface area (Å²) in [5, 5.41) is 0. The molecular formula is C17H15F2N3O2S. The number of hydrogen-bond donors (Lipinski definition) is 1. The maximum Gasteiger partial charge on any atom is 0.241 e. The molecule has 0 amide bonds. The first-order chi connectivity index (χ1) is 11.9. The van der Waals surface area contributed by atoms with Crippen LogP contribution in [0.4, 0.5) is 8.78 Å². The van der Waals surface area contributed by atoms with Gasteiger partial charge in [-0.1, -0.05) is 18.2 Å². The number of aromatic nitrogens is 2. The van der Waals surface area contributed by atoms with Gasteiger partial charge in [0.2, 0.25) is 10.0 Å². The summed E-state index contributed by atoms with van der Waals surface area (Å²) in [6, 6.07) is 9.28. The van der Waals surface area contributed by atoms with E-state index in [0.29, 0.717) is 11.4 Å². The molecule has 0 bridgehead atoms. The lowest BCUT2D eigenvalue weighted by Gasteiger charge is -2.19. The van der Waals surface area contributed by atoms with Gasteiger partial charge < -0.3 is 4.57 Å². The van der Waals surface area contributed by atoms with Crippen LogP contribution in [0.5, 0.6) is 0 Å². The van der Waals surface area contributed by atoms with Gasteiger partial charge in [0.05, 0.1) is 4.90 Å². The van der Waals surface area contributed by atoms with Crippen molar-refractivity contribution >= 4 is 10.0 Å². The lowest BCUT2D eigenvalue weighted by molar-refractivity contribution is 0.559. The summed E-state index contributed by atoms with van der Waals surface area (Å²) < 4.78 is 56.1. The number of nitrogens with one attached hydrogen (secondary N) is 1. The van der Waals surface area contributed by atoms with E-state index in [2.05, 4.69) is 9.71 Å². The van der Waals surface area contributed by atoms with Crippen molar-refractivity contribution in [2.45, 2.75) is 10.9 Å². The van der Waals surface area contributed by atoms with E-state index in [1.807, 2.05) is 0 Å². The van der Waals surface area contributed by atoms with E-state index in [-0.39, 0.29) is 4.90 Å². The van der Waals surface area contributed by atoms with Gasteiger partial charge >= 0.3 is 0 Å². The van der Waals surface area contributed by atoms with Gasteiger partial charge in [0.25, 0.3) is 0 Å². The van der Waals surface area contributed by atoms with E-state index < -0.39 is 27.7 Å². The Balaban J connectivity index is 2.03. The fourth-order valence-electron chi connectivity index (χ4n) is 2.44. The lowest BCUT2D eigenvalue weighted by Crippen LogP contribution is -2.31. The highest BCUT2D eigenvalue weighted by Crippen LogP contribution is 2.24. The molecule has 1 aromatic heterocycles. The highest BCUT2D eigenvalue weighted by atomic mass is 32.2. The molecule has 0 aliphatic heterocycles. The Labute approximate surface area is 144 Å². The first kappa shape index (κ1) is 17.2. The predicted molar refractivity (Wildman–Crippen MR) is 88.2 cm³/mol. The van der Waals surface area contributed by atoms with E-state index >= 15 is 0 Å². The SMILES string of the molecule is Cn1ccnc1C(NS(=O)(=O)c1cccc(F)c1)c1ccc(F)cc1. The summed E-state index contributed by atoms with van der Waals surface area (Å²) in [5.41, 5.74) is 0.510. The smallest absolute Gasteiger partial charge is 0.241 e. The van der Waals surface area contributed by atoms with E-state index in [4.69, 9.17) is 0 Å². The molecule has 0 saturated carbocycles. The molecule has 1 atom stereocenters. The molecule has 0 aliphatic rings. The number of aryl methyl sites for hydroxylation is 1. The van der Waals surface area contributed by atoms with Crippen molar-refractivity contribution in [1.82, 2.24) is 14.3 Å². The molecule has 5 nitrogen and oxygen atoms in total. The van der Waals surface area contributed by atoms with E-state index in [1.54, 1.807) is 17.8 Å². The van der Waals surface area contributed by atoms with Crippen LogP contribution in [0.1, 0.15) is 17.4 Å². The third-order valence-corrected chi connectivity index (χ3v) is 5.12. The molecule has 0 spiro atoms. The van der Waals surface area contributed by atoms with Crippen molar-refractivity contribution in [3.63, 3.8) is 0 Å². The van der Waals surface area contributed by atoms with Crippen LogP contribution < -0.4 is 4.72 Å². The Morgan fingerprint density at radius 2 is 1.80 bits per heavy atom. The summed E-state index contributed by atoms with van der Waals surface area (Å²) in [6.07, 6.45) is 3.20. The Hall–Kier alpha value is -2.58. The Morgan fingerprint density at radius 3 is 2.40 bits per heavy atom. The van der Waals surface area contributed by atoms with Crippen molar-refractivity contribution in [3.8, 4) is 0 Å². The van der Waals surface area contributed by atoms with Gasteiger partial charge in [-0.25, -0.2) is 22.2 Å². The fraction of sp³-hybridized carbons (Fsp3) is 0.118. The van der Waals surface area contributed by atoms with Crippen molar-refractivity contribution in [2.75, 3.05) is 0 Å². The first-order valence-corrected chi connectivity index (χ1v) is 8.86. The number of nitrogens with zero attached hydrogens (tertiary/aromatic N) is 2. The molecule has 2 aromatic carbocycles. The molecule has 1 N–H and O–H groups in total. The number of rotatable bonds is 5. The third kappa shape index (κ3) is 3.75. The summed E-state index contributed by atoms with van der Waals surface area (Å²) in [5.74, 6) is -0.667. The third-order valence-electron chi connectivity index (χ3n) is 3.70. The van der Waals surface area contributed by atoms with Crippen molar-refractivity contribution < 1.29 is 17.2 Å². The Morgan fingerprint density at radius 1 is 1.08 bits per heavy atom. The monoisotopic (exact) mass is 363 g/mol. The van der Waals surface area contributed by atoms with Crippen LogP contribution in [0.15, 0.2) is 65.8 Å². The summed E-state index contributed by atoms with van der Waals surface area (Å²) >= 11 is 0. The van der Waals surface area contributed by atoms with Crippen molar-refractivity contribution in [2.24, 2.45) is 7.05 Å². The molecule has 1 unspecified atom stereocenters. The minimum Gasteiger partial charge on any atom is -0.336 e. The maximum absolute atomic E-state index is 13.4. The summed E-state index contributed by atoms with van der Waals surface area (Å²) in [7, 11) is -2.30. The van der Waals surface area contributed by atoms with Gasteiger partial charge in [-0.2, -0.15) is 4.72 Å². The second-order valence-corrected chi connectivity index (χ2v) is 7.17. The highest BCUT2D eigenvalue weighted by Gasteiger charge is 2.26. The zero-order valence-corrected chi connectivity index (χ0v) is 14.0. The molecule has 130 valence electrons. The first-order valence-electron chi connectivity index (χ1n) is 7.37. The highest BCUT2D eigenvalue weighted by molar-refractivity contribution is 7.89. The van der Waals surface area contributed by atoms with Gasteiger partial charge in [0.15, 0.2) is 0 Å². The van der Waals surface area contributed by atoms with Gasteiger partial charge in [0.1, 0.15) is 23.5 Å². The number of halogens is 2. The van der Waals surface area contributed by atoms with E-state index in [0.717, 1.165) is 12.1 Å². The quantitative estimate of drug-likeness (QED) is 0.758. The number of imidazole rings is 1. The van der Waals surface area contributed by atoms with Crippen LogP contribution >= 0.6 is 0 Å². The van der Waals surface area contributed by atoms with Gasteiger partial charge in [0, 0.05) is 19.4 Å². The zero-order chi connectivity index (χ0) is 18.0. The summed E-state index contributed by atoms with van der Waals surface area (Å²) in [6.45, 7) is 0. The Kier molecular flexibility index (Phi) is 4.65. The minimum absolute atomic E-state index is 0.200. The molecule has 25 heavy (non-hydrogen) atoms. The lowest BCUT2D eigenvalue weighted by atomic mass is 10.1. The molecule has 0 aliphatic carbocycles. The van der Waals surface area contributed by atoms with Crippen LogP contribution in [-0.4, -0.2) is 18.0 Å². The molecule has 3 rings (SSSR count). The number of sulfonamides is 1. The largest absolute Gasteiger partial charge is 0.336 e. The molecule has 3 aromatic rings. The molecular weight excluding hydrogens is 348 g/mol. The predicted octanol–water partition coefficient (Wildman–Crippen LogP) is 2.77. The van der Waals surface area contributed by atoms with Gasteiger partial charge in [-0.05, 0) is 35.9 Å². The normalized spacial score (nSPS) is 12.9. The van der Waals surface area contributed by atoms with Crippen LogP contribution in [0, 0.1) is 11.6 Å². The fourth-order valence-corrected chi connectivity index (χ4v) is 3.65. The van der Waals surface area contributed by atoms with Gasteiger partial charge in [-0.15, -0.1) is 0 Å². The Bertz CT molecular complexity index is 985. The van der Waals surface area contributed by atoms with Crippen LogP contribution in [0.2, 0.25) is 0 Å². The second kappa shape index (κ2) is 6.73. The summed E-state index contributed by atoms with van der Waals surface area (Å²) in [4.78, 5) is 3.98. The van der Waals surface area contributed by atoms with Gasteiger partial charge in [-0.3, -0.25) is 0 Å². The number of benzene rings is 2. The van der Waals surface area contributed by atoms with E-state index in [9.17, 15) is 17.2 Å². The molecule has 0 fully saturated rings. The molecule has 0 radical (unpaired) electrons. The van der Waals surface area contributed by atoms with Crippen molar-refractivity contribution in [3.05, 3.63) is 83.9 Å². The molecule has 8 heteroatoms. The zero-order valence-electron chi connectivity index (χ0n) is 13.2. The topological polar surface area (TPSA) is 64.0 Å².